The lowest BCUT2D eigenvalue weighted by molar-refractivity contribution is 0.264. The minimum absolute atomic E-state index is 0.0694. The average Bonchev–Trinajstić information content (AvgIpc) is 2.45. The van der Waals surface area contributed by atoms with Gasteiger partial charge in [0.25, 0.3) is 0 Å². The smallest absolute Gasteiger partial charge is 0.217 e. The van der Waals surface area contributed by atoms with Crippen molar-refractivity contribution in [3.8, 4) is 5.88 Å². The molecule has 100 valence electrons. The molecule has 2 rings (SSSR count). The van der Waals surface area contributed by atoms with Gasteiger partial charge in [-0.3, -0.25) is 0 Å². The molecule has 0 unspecified atom stereocenters. The van der Waals surface area contributed by atoms with Crippen LogP contribution in [-0.4, -0.2) is 10.1 Å². The Bertz CT molecular complexity index is 524. The first-order valence-electron chi connectivity index (χ1n) is 6.48. The monoisotopic (exact) mass is 257 g/mol. The molecule has 1 heterocycles. The first-order chi connectivity index (χ1) is 9.20. The Labute approximate surface area is 113 Å². The van der Waals surface area contributed by atoms with E-state index in [9.17, 15) is 0 Å². The third kappa shape index (κ3) is 3.55. The van der Waals surface area contributed by atoms with E-state index in [2.05, 4.69) is 18.8 Å². The Morgan fingerprint density at radius 3 is 2.47 bits per heavy atom. The van der Waals surface area contributed by atoms with Crippen LogP contribution in [0.25, 0.3) is 0 Å². The highest BCUT2D eigenvalue weighted by atomic mass is 16.5. The van der Waals surface area contributed by atoms with Gasteiger partial charge in [0.05, 0.1) is 12.3 Å². The lowest BCUT2D eigenvalue weighted by atomic mass is 10.0. The zero-order valence-electron chi connectivity index (χ0n) is 11.3. The Hall–Kier alpha value is -1.87. The molecule has 0 fully saturated rings. The van der Waals surface area contributed by atoms with Crippen molar-refractivity contribution in [2.75, 3.05) is 0 Å². The van der Waals surface area contributed by atoms with Gasteiger partial charge in [-0.05, 0) is 17.5 Å². The van der Waals surface area contributed by atoms with E-state index in [4.69, 9.17) is 9.84 Å². The second-order valence-electron chi connectivity index (χ2n) is 4.78. The minimum atomic E-state index is -0.0694. The van der Waals surface area contributed by atoms with Crippen LogP contribution in [0.1, 0.15) is 36.6 Å². The quantitative estimate of drug-likeness (QED) is 0.893. The molecule has 0 saturated heterocycles. The SMILES string of the molecule is CC(C)c1ccc(CO)nc1OCc1ccccc1. The first kappa shape index (κ1) is 13.6. The van der Waals surface area contributed by atoms with Gasteiger partial charge in [0.15, 0.2) is 0 Å². The predicted octanol–water partition coefficient (Wildman–Crippen LogP) is 3.28. The van der Waals surface area contributed by atoms with Gasteiger partial charge in [0.1, 0.15) is 6.61 Å². The fourth-order valence-electron chi connectivity index (χ4n) is 1.86. The summed E-state index contributed by atoms with van der Waals surface area (Å²) in [7, 11) is 0. The van der Waals surface area contributed by atoms with Gasteiger partial charge in [-0.2, -0.15) is 0 Å². The normalized spacial score (nSPS) is 10.7. The van der Waals surface area contributed by atoms with Crippen LogP contribution in [0, 0.1) is 0 Å². The second-order valence-corrected chi connectivity index (χ2v) is 4.78. The van der Waals surface area contributed by atoms with Crippen molar-refractivity contribution in [2.45, 2.75) is 33.0 Å². The lowest BCUT2D eigenvalue weighted by Crippen LogP contribution is -2.04. The molecule has 3 heteroatoms. The largest absolute Gasteiger partial charge is 0.473 e. The molecule has 0 aliphatic heterocycles. The Morgan fingerprint density at radius 2 is 1.84 bits per heavy atom. The predicted molar refractivity (Wildman–Crippen MR) is 75.0 cm³/mol. The molecule has 2 aromatic rings. The number of nitrogens with zero attached hydrogens (tertiary/aromatic N) is 1. The third-order valence-electron chi connectivity index (χ3n) is 2.95. The highest BCUT2D eigenvalue weighted by Crippen LogP contribution is 2.25. The molecule has 0 aliphatic rings. The van der Waals surface area contributed by atoms with Crippen LogP contribution >= 0.6 is 0 Å². The number of benzene rings is 1. The molecule has 3 nitrogen and oxygen atoms in total. The number of pyridine rings is 1. The number of rotatable bonds is 5. The maximum absolute atomic E-state index is 9.16. The van der Waals surface area contributed by atoms with E-state index in [-0.39, 0.29) is 6.61 Å². The van der Waals surface area contributed by atoms with Crippen LogP contribution in [0.2, 0.25) is 0 Å². The number of hydrogen-bond donors (Lipinski definition) is 1. The highest BCUT2D eigenvalue weighted by molar-refractivity contribution is 5.31. The summed E-state index contributed by atoms with van der Waals surface area (Å²) in [6.07, 6.45) is 0. The molecule has 0 spiro atoms. The molecular weight excluding hydrogens is 238 g/mol. The van der Waals surface area contributed by atoms with E-state index < -0.39 is 0 Å². The van der Waals surface area contributed by atoms with Crippen molar-refractivity contribution < 1.29 is 9.84 Å². The van der Waals surface area contributed by atoms with Crippen LogP contribution in [0.5, 0.6) is 5.88 Å². The Kier molecular flexibility index (Phi) is 4.53. The summed E-state index contributed by atoms with van der Waals surface area (Å²) in [4.78, 5) is 4.36. The fraction of sp³-hybridized carbons (Fsp3) is 0.312. The van der Waals surface area contributed by atoms with Gasteiger partial charge >= 0.3 is 0 Å². The van der Waals surface area contributed by atoms with Crippen LogP contribution in [-0.2, 0) is 13.2 Å². The Balaban J connectivity index is 2.18. The van der Waals surface area contributed by atoms with E-state index in [1.54, 1.807) is 0 Å². The topological polar surface area (TPSA) is 42.4 Å². The fourth-order valence-corrected chi connectivity index (χ4v) is 1.86. The maximum Gasteiger partial charge on any atom is 0.217 e. The van der Waals surface area contributed by atoms with Crippen LogP contribution in [0.4, 0.5) is 0 Å². The minimum Gasteiger partial charge on any atom is -0.473 e. The first-order valence-corrected chi connectivity index (χ1v) is 6.48. The van der Waals surface area contributed by atoms with Crippen LogP contribution in [0.3, 0.4) is 0 Å². The van der Waals surface area contributed by atoms with E-state index in [1.165, 1.54) is 0 Å². The molecule has 1 N–H and O–H groups in total. The van der Waals surface area contributed by atoms with Gasteiger partial charge < -0.3 is 9.84 Å². The summed E-state index contributed by atoms with van der Waals surface area (Å²) in [5.74, 6) is 0.955. The number of hydrogen-bond acceptors (Lipinski definition) is 3. The number of aromatic nitrogens is 1. The molecule has 0 radical (unpaired) electrons. The van der Waals surface area contributed by atoms with Crippen molar-refractivity contribution in [3.63, 3.8) is 0 Å². The van der Waals surface area contributed by atoms with E-state index >= 15 is 0 Å². The second kappa shape index (κ2) is 6.34. The van der Waals surface area contributed by atoms with Crippen molar-refractivity contribution in [1.82, 2.24) is 4.98 Å². The molecule has 1 aromatic carbocycles. The van der Waals surface area contributed by atoms with E-state index in [0.29, 0.717) is 24.1 Å². The summed E-state index contributed by atoms with van der Waals surface area (Å²) in [5, 5.41) is 9.16. The van der Waals surface area contributed by atoms with Gasteiger partial charge in [0.2, 0.25) is 5.88 Å². The Morgan fingerprint density at radius 1 is 1.11 bits per heavy atom. The zero-order valence-corrected chi connectivity index (χ0v) is 11.3. The number of aliphatic hydroxyl groups excluding tert-OH is 1. The third-order valence-corrected chi connectivity index (χ3v) is 2.95. The van der Waals surface area contributed by atoms with Crippen molar-refractivity contribution in [2.24, 2.45) is 0 Å². The average molecular weight is 257 g/mol. The van der Waals surface area contributed by atoms with Crippen molar-refractivity contribution in [3.05, 3.63) is 59.3 Å². The molecule has 0 bridgehead atoms. The van der Waals surface area contributed by atoms with E-state index in [1.807, 2.05) is 42.5 Å². The molecule has 19 heavy (non-hydrogen) atoms. The molecule has 0 atom stereocenters. The molecular formula is C16H19NO2. The summed E-state index contributed by atoms with van der Waals surface area (Å²) >= 11 is 0. The summed E-state index contributed by atoms with van der Waals surface area (Å²) in [6.45, 7) is 4.62. The molecule has 1 aromatic heterocycles. The standard InChI is InChI=1S/C16H19NO2/c1-12(2)15-9-8-14(10-18)17-16(15)19-11-13-6-4-3-5-7-13/h3-9,12,18H,10-11H2,1-2H3. The number of ether oxygens (including phenoxy) is 1. The van der Waals surface area contributed by atoms with Gasteiger partial charge in [-0.25, -0.2) is 4.98 Å². The van der Waals surface area contributed by atoms with Crippen LogP contribution < -0.4 is 4.74 Å². The van der Waals surface area contributed by atoms with Crippen LogP contribution in [0.15, 0.2) is 42.5 Å². The molecule has 0 aliphatic carbocycles. The summed E-state index contributed by atoms with van der Waals surface area (Å²) < 4.78 is 5.80. The van der Waals surface area contributed by atoms with Gasteiger partial charge in [-0.15, -0.1) is 0 Å². The maximum atomic E-state index is 9.16. The van der Waals surface area contributed by atoms with Gasteiger partial charge in [0, 0.05) is 5.56 Å². The van der Waals surface area contributed by atoms with Gasteiger partial charge in [-0.1, -0.05) is 50.2 Å². The van der Waals surface area contributed by atoms with E-state index in [0.717, 1.165) is 11.1 Å². The zero-order chi connectivity index (χ0) is 13.7. The van der Waals surface area contributed by atoms with Crippen molar-refractivity contribution in [1.29, 1.82) is 0 Å². The summed E-state index contributed by atoms with van der Waals surface area (Å²) in [6, 6.07) is 13.8. The lowest BCUT2D eigenvalue weighted by Gasteiger charge is -2.14. The summed E-state index contributed by atoms with van der Waals surface area (Å²) in [5.41, 5.74) is 2.80. The molecule has 0 saturated carbocycles. The highest BCUT2D eigenvalue weighted by Gasteiger charge is 2.10. The van der Waals surface area contributed by atoms with Crippen molar-refractivity contribution >= 4 is 0 Å². The molecule has 0 amide bonds. The number of aliphatic hydroxyl groups is 1.